The Balaban J connectivity index is -0.0000000800. The van der Waals surface area contributed by atoms with E-state index in [4.69, 9.17) is 17.5 Å². The third kappa shape index (κ3) is 231. The molecule has 0 saturated heterocycles. The molecule has 0 bridgehead atoms. The largest absolute Gasteiger partial charge is 1.00 e. The summed E-state index contributed by atoms with van der Waals surface area (Å²) in [5.41, 5.74) is 0. The smallest absolute Gasteiger partial charge is 0.759 e. The van der Waals surface area contributed by atoms with Crippen LogP contribution in [0.4, 0.5) is 0 Å². The zero-order valence-corrected chi connectivity index (χ0v) is 6.86. The maximum atomic E-state index is 8.52. The second kappa shape index (κ2) is 4.98. The Kier molecular flexibility index (Phi) is 11.1. The van der Waals surface area contributed by atoms with Crippen molar-refractivity contribution in [3.05, 3.63) is 0 Å². The predicted molar refractivity (Wildman–Crippen MR) is 16.5 cm³/mol. The molecule has 7 heteroatoms. The molecule has 0 heterocycles. The summed E-state index contributed by atoms with van der Waals surface area (Å²) in [4.78, 5) is 0. The monoisotopic (exact) mass is 137 g/mol. The zero-order chi connectivity index (χ0) is 4.50. The number of hydrogen-bond acceptors (Lipinski definition) is 4. The number of quaternary nitrogens is 1. The Morgan fingerprint density at radius 2 is 1.14 bits per heavy atom. The van der Waals surface area contributed by atoms with Crippen molar-refractivity contribution >= 4 is 10.4 Å². The van der Waals surface area contributed by atoms with Gasteiger partial charge in [-0.3, -0.25) is 8.42 Å². The maximum Gasteiger partial charge on any atom is 1.00 e. The van der Waals surface area contributed by atoms with Crippen molar-refractivity contribution in [1.29, 1.82) is 0 Å². The van der Waals surface area contributed by atoms with Gasteiger partial charge in [-0.05, 0) is 0 Å². The molecule has 0 radical (unpaired) electrons. The van der Waals surface area contributed by atoms with E-state index in [2.05, 4.69) is 0 Å². The van der Waals surface area contributed by atoms with Crippen LogP contribution in [0, 0.1) is 0 Å². The molecule has 0 aliphatic heterocycles. The van der Waals surface area contributed by atoms with Gasteiger partial charge in [0.1, 0.15) is 0 Å². The van der Waals surface area contributed by atoms with E-state index in [1.165, 1.54) is 0 Å². The van der Waals surface area contributed by atoms with Crippen LogP contribution in [-0.4, -0.2) is 17.5 Å². The Morgan fingerprint density at radius 1 is 1.14 bits per heavy atom. The molecular weight excluding hydrogens is 133 g/mol. The molecule has 40 valence electrons. The van der Waals surface area contributed by atoms with Crippen molar-refractivity contribution in [2.24, 2.45) is 0 Å². The molecule has 7 heavy (non-hydrogen) atoms. The fourth-order valence-electron chi connectivity index (χ4n) is 0. The number of rotatable bonds is 0. The molecule has 0 atom stereocenters. The Hall–Kier alpha value is 0.830. The van der Waals surface area contributed by atoms with Crippen molar-refractivity contribution in [3.63, 3.8) is 0 Å². The van der Waals surface area contributed by atoms with Gasteiger partial charge in [-0.1, -0.05) is 0 Å². The molecule has 0 unspecified atom stereocenters. The third-order valence-corrected chi connectivity index (χ3v) is 0. The van der Waals surface area contributed by atoms with Gasteiger partial charge in [-0.25, -0.2) is 0 Å². The predicted octanol–water partition coefficient (Wildman–Crippen LogP) is -3.96. The van der Waals surface area contributed by atoms with Gasteiger partial charge in [0.05, 0.1) is 0 Å². The van der Waals surface area contributed by atoms with E-state index < -0.39 is 10.4 Å². The quantitative estimate of drug-likeness (QED) is 0.208. The molecule has 0 rings (SSSR count). The first kappa shape index (κ1) is 15.7. The molecule has 0 aliphatic rings. The minimum atomic E-state index is -5.17. The van der Waals surface area contributed by atoms with Crippen LogP contribution in [-0.2, 0) is 10.4 Å². The van der Waals surface area contributed by atoms with Crippen molar-refractivity contribution in [1.82, 2.24) is 6.15 Å². The fraction of sp³-hybridized carbons (Fsp3) is 0. The molecular formula is H4NNaO4S. The summed E-state index contributed by atoms with van der Waals surface area (Å²) >= 11 is 0. The van der Waals surface area contributed by atoms with Gasteiger partial charge in [-0.15, -0.1) is 0 Å². The summed E-state index contributed by atoms with van der Waals surface area (Å²) < 4.78 is 34.1. The summed E-state index contributed by atoms with van der Waals surface area (Å²) in [5, 5.41) is 0. The van der Waals surface area contributed by atoms with Gasteiger partial charge in [0.25, 0.3) is 0 Å². The Labute approximate surface area is 63.6 Å². The summed E-state index contributed by atoms with van der Waals surface area (Å²) in [6.45, 7) is 0. The van der Waals surface area contributed by atoms with Crippen LogP contribution >= 0.6 is 0 Å². The van der Waals surface area contributed by atoms with Gasteiger partial charge in [-0.2, -0.15) is 0 Å². The van der Waals surface area contributed by atoms with Gasteiger partial charge in [0.2, 0.25) is 0 Å². The molecule has 5 nitrogen and oxygen atoms in total. The van der Waals surface area contributed by atoms with Gasteiger partial charge < -0.3 is 15.3 Å². The summed E-state index contributed by atoms with van der Waals surface area (Å²) in [5.74, 6) is 0. The van der Waals surface area contributed by atoms with Gasteiger partial charge in [0, 0.05) is 10.4 Å². The molecule has 0 amide bonds. The van der Waals surface area contributed by atoms with Crippen LogP contribution in [0.15, 0.2) is 0 Å². The molecule has 0 saturated carbocycles. The van der Waals surface area contributed by atoms with Crippen molar-refractivity contribution in [2.75, 3.05) is 0 Å². The minimum Gasteiger partial charge on any atom is -0.759 e. The summed E-state index contributed by atoms with van der Waals surface area (Å²) in [6, 6.07) is 0. The van der Waals surface area contributed by atoms with Crippen molar-refractivity contribution < 1.29 is 47.1 Å². The zero-order valence-electron chi connectivity index (χ0n) is 4.04. The second-order valence-corrected chi connectivity index (χ2v) is 1.22. The molecule has 0 aliphatic carbocycles. The Morgan fingerprint density at radius 3 is 1.14 bits per heavy atom. The molecule has 0 aromatic carbocycles. The van der Waals surface area contributed by atoms with Crippen LogP contribution < -0.4 is 35.7 Å². The maximum absolute atomic E-state index is 8.52. The Bertz CT molecular complexity index is 94.9. The van der Waals surface area contributed by atoms with Crippen LogP contribution in [0.25, 0.3) is 0 Å². The van der Waals surface area contributed by atoms with Crippen molar-refractivity contribution in [3.8, 4) is 0 Å². The van der Waals surface area contributed by atoms with Crippen LogP contribution in [0.2, 0.25) is 0 Å². The van der Waals surface area contributed by atoms with E-state index in [0.29, 0.717) is 0 Å². The first-order valence-electron chi connectivity index (χ1n) is 0.667. The fourth-order valence-corrected chi connectivity index (χ4v) is 0. The summed E-state index contributed by atoms with van der Waals surface area (Å²) in [6.07, 6.45) is 0. The number of hydrogen-bond donors (Lipinski definition) is 1. The van der Waals surface area contributed by atoms with E-state index in [1.807, 2.05) is 0 Å². The first-order chi connectivity index (χ1) is 2.00. The van der Waals surface area contributed by atoms with E-state index in [9.17, 15) is 0 Å². The van der Waals surface area contributed by atoms with Crippen molar-refractivity contribution in [2.45, 2.75) is 0 Å². The van der Waals surface area contributed by atoms with E-state index >= 15 is 0 Å². The van der Waals surface area contributed by atoms with Crippen LogP contribution in [0.1, 0.15) is 0 Å². The van der Waals surface area contributed by atoms with Crippen LogP contribution in [0.3, 0.4) is 0 Å². The van der Waals surface area contributed by atoms with E-state index in [1.54, 1.807) is 0 Å². The van der Waals surface area contributed by atoms with Crippen LogP contribution in [0.5, 0.6) is 0 Å². The minimum absolute atomic E-state index is 0. The molecule has 0 aromatic heterocycles. The average Bonchev–Trinajstić information content (AvgIpc) is 0.722. The molecule has 4 N–H and O–H groups in total. The molecule has 0 aromatic rings. The van der Waals surface area contributed by atoms with Gasteiger partial charge in [0.15, 0.2) is 0 Å². The molecule has 0 fully saturated rings. The normalized spacial score (nSPS) is 8.29. The van der Waals surface area contributed by atoms with E-state index in [0.717, 1.165) is 0 Å². The summed E-state index contributed by atoms with van der Waals surface area (Å²) in [7, 11) is -5.17. The topological polar surface area (TPSA) is 117 Å². The van der Waals surface area contributed by atoms with Gasteiger partial charge >= 0.3 is 29.6 Å². The first-order valence-corrected chi connectivity index (χ1v) is 2.00. The SMILES string of the molecule is O=S(=O)([O-])[O-].[NH4+].[Na+]. The second-order valence-electron chi connectivity index (χ2n) is 0.408. The average molecular weight is 137 g/mol. The molecule has 0 spiro atoms. The van der Waals surface area contributed by atoms with E-state index in [-0.39, 0.29) is 35.7 Å². The third-order valence-electron chi connectivity index (χ3n) is 0. The standard InChI is InChI=1S/H3N.Na.H2O4S/c;;1-5(2,3)4/h1H3;;(H2,1,2,3,4)/q;+1;/p-1.